The Hall–Kier alpha value is -1.29. The predicted octanol–water partition coefficient (Wildman–Crippen LogP) is -0.855. The summed E-state index contributed by atoms with van der Waals surface area (Å²) in [5.41, 5.74) is -0.828. The number of ether oxygens (including phenoxy) is 1. The van der Waals surface area contributed by atoms with Crippen LogP contribution >= 0.6 is 7.82 Å². The molecule has 1 radical (unpaired) electrons. The van der Waals surface area contributed by atoms with Gasteiger partial charge in [0.05, 0.1) is 12.7 Å². The third-order valence-electron chi connectivity index (χ3n) is 2.73. The molecule has 0 bridgehead atoms. The van der Waals surface area contributed by atoms with Crippen LogP contribution in [0.2, 0.25) is 0 Å². The van der Waals surface area contributed by atoms with Crippen molar-refractivity contribution in [3.05, 3.63) is 22.7 Å². The summed E-state index contributed by atoms with van der Waals surface area (Å²) in [6, 6.07) is 1.07. The molecule has 111 valence electrons. The lowest BCUT2D eigenvalue weighted by Gasteiger charge is -2.16. The van der Waals surface area contributed by atoms with E-state index in [1.165, 1.54) is 6.20 Å². The Morgan fingerprint density at radius 2 is 2.25 bits per heavy atom. The van der Waals surface area contributed by atoms with Gasteiger partial charge >= 0.3 is 13.5 Å². The smallest absolute Gasteiger partial charge is 0.390 e. The lowest BCUT2D eigenvalue weighted by Crippen LogP contribution is -2.27. The van der Waals surface area contributed by atoms with Gasteiger partial charge in [-0.25, -0.2) is 9.36 Å². The van der Waals surface area contributed by atoms with Gasteiger partial charge in [-0.15, -0.1) is 0 Å². The van der Waals surface area contributed by atoms with E-state index in [2.05, 4.69) is 9.51 Å². The summed E-state index contributed by atoms with van der Waals surface area (Å²) in [4.78, 5) is 31.8. The first-order valence-electron chi connectivity index (χ1n) is 5.56. The molecule has 20 heavy (non-hydrogen) atoms. The number of aliphatic hydroxyl groups excluding tert-OH is 1. The van der Waals surface area contributed by atoms with Crippen LogP contribution in [0, 0.1) is 0 Å². The first-order valence-corrected chi connectivity index (χ1v) is 7.09. The van der Waals surface area contributed by atoms with E-state index in [9.17, 15) is 19.6 Å². The average Bonchev–Trinajstić information content (AvgIpc) is 2.67. The molecule has 3 N–H and O–H groups in total. The minimum atomic E-state index is -4.67. The molecule has 0 saturated carbocycles. The van der Waals surface area contributed by atoms with Crippen LogP contribution in [0.4, 0.5) is 0 Å². The molecule has 1 aliphatic heterocycles. The van der Waals surface area contributed by atoms with E-state index in [4.69, 9.17) is 14.5 Å². The Bertz CT molecular complexity index is 584. The number of phosphoric ester groups is 1. The number of hydrogen-bond acceptors (Lipinski definition) is 6. The second-order valence-electron chi connectivity index (χ2n) is 4.17. The van der Waals surface area contributed by atoms with E-state index in [1.54, 1.807) is 0 Å². The number of nitrogens with zero attached hydrogens (tertiary/aromatic N) is 2. The van der Waals surface area contributed by atoms with Crippen molar-refractivity contribution in [1.82, 2.24) is 9.55 Å². The number of aliphatic hydroxyl groups is 1. The zero-order valence-corrected chi connectivity index (χ0v) is 10.9. The van der Waals surface area contributed by atoms with Crippen molar-refractivity contribution >= 4 is 7.82 Å². The fraction of sp³-hybridized carbons (Fsp3) is 0.556. The van der Waals surface area contributed by atoms with E-state index >= 15 is 0 Å². The normalized spacial score (nSPS) is 26.9. The highest BCUT2D eigenvalue weighted by Crippen LogP contribution is 2.38. The van der Waals surface area contributed by atoms with Crippen LogP contribution in [0.5, 0.6) is 5.88 Å². The molecule has 2 heterocycles. The Morgan fingerprint density at radius 3 is 2.85 bits per heavy atom. The summed E-state index contributed by atoms with van der Waals surface area (Å²) >= 11 is 0. The summed E-state index contributed by atoms with van der Waals surface area (Å²) in [6.07, 6.45) is -1.75. The Balaban J connectivity index is 2.06. The zero-order chi connectivity index (χ0) is 14.9. The van der Waals surface area contributed by atoms with E-state index in [-0.39, 0.29) is 6.42 Å². The third-order valence-corrected chi connectivity index (χ3v) is 3.21. The van der Waals surface area contributed by atoms with Crippen LogP contribution in [0.3, 0.4) is 0 Å². The van der Waals surface area contributed by atoms with Crippen molar-refractivity contribution in [3.8, 4) is 5.88 Å². The highest BCUT2D eigenvalue weighted by atomic mass is 31.2. The van der Waals surface area contributed by atoms with Crippen LogP contribution < -0.4 is 5.69 Å². The largest absolute Gasteiger partial charge is 0.469 e. The topological polar surface area (TPSA) is 151 Å². The van der Waals surface area contributed by atoms with E-state index in [0.717, 1.165) is 10.6 Å². The third kappa shape index (κ3) is 3.63. The minimum Gasteiger partial charge on any atom is -0.390 e. The van der Waals surface area contributed by atoms with Crippen molar-refractivity contribution in [2.75, 3.05) is 6.61 Å². The molecule has 0 amide bonds. The fourth-order valence-electron chi connectivity index (χ4n) is 1.82. The van der Waals surface area contributed by atoms with Gasteiger partial charge in [0.15, 0.2) is 0 Å². The van der Waals surface area contributed by atoms with Gasteiger partial charge < -0.3 is 19.6 Å². The molecule has 3 unspecified atom stereocenters. The van der Waals surface area contributed by atoms with Crippen LogP contribution in [0.15, 0.2) is 17.1 Å². The molecule has 1 aromatic heterocycles. The number of rotatable bonds is 4. The fourth-order valence-corrected chi connectivity index (χ4v) is 2.16. The van der Waals surface area contributed by atoms with Gasteiger partial charge in [0, 0.05) is 18.7 Å². The van der Waals surface area contributed by atoms with E-state index < -0.39 is 44.4 Å². The second-order valence-corrected chi connectivity index (χ2v) is 5.41. The Morgan fingerprint density at radius 1 is 1.55 bits per heavy atom. The first kappa shape index (κ1) is 15.1. The van der Waals surface area contributed by atoms with Gasteiger partial charge in [-0.3, -0.25) is 14.2 Å². The summed E-state index contributed by atoms with van der Waals surface area (Å²) < 4.78 is 21.1. The van der Waals surface area contributed by atoms with E-state index in [1.807, 2.05) is 0 Å². The summed E-state index contributed by atoms with van der Waals surface area (Å²) in [7, 11) is -4.67. The number of aromatic nitrogens is 2. The molecule has 2 rings (SSSR count). The van der Waals surface area contributed by atoms with Crippen molar-refractivity contribution in [1.29, 1.82) is 0 Å². The summed E-state index contributed by atoms with van der Waals surface area (Å²) in [6.45, 7) is -0.524. The lowest BCUT2D eigenvalue weighted by atomic mass is 10.2. The standard InChI is InChI=1S/C9H12N2O8P/c12-5-3-8(11-2-1-7(13)10-9(11)14)19-6(5)4-18-20(15,16)17/h1-2,5-6,8,12H,3-4H2,(H2,15,16,17). The van der Waals surface area contributed by atoms with Crippen molar-refractivity contribution < 1.29 is 33.8 Å². The van der Waals surface area contributed by atoms with Crippen molar-refractivity contribution in [2.24, 2.45) is 0 Å². The number of hydrogen-bond donors (Lipinski definition) is 3. The molecule has 3 atom stereocenters. The molecular formula is C9H12N2O8P. The molecule has 1 aliphatic rings. The molecule has 0 aliphatic carbocycles. The molecule has 11 heteroatoms. The van der Waals surface area contributed by atoms with Gasteiger partial charge in [-0.1, -0.05) is 0 Å². The average molecular weight is 307 g/mol. The minimum absolute atomic E-state index is 0.00890. The quantitative estimate of drug-likeness (QED) is 0.608. The van der Waals surface area contributed by atoms with Gasteiger partial charge in [0.2, 0.25) is 0 Å². The highest BCUT2D eigenvalue weighted by molar-refractivity contribution is 7.46. The van der Waals surface area contributed by atoms with Crippen LogP contribution in [-0.4, -0.2) is 43.3 Å². The molecule has 0 spiro atoms. The Kier molecular flexibility index (Phi) is 4.23. The maximum atomic E-state index is 11.5. The van der Waals surface area contributed by atoms with Crippen molar-refractivity contribution in [3.63, 3.8) is 0 Å². The Labute approximate surface area is 112 Å². The maximum Gasteiger partial charge on any atom is 0.469 e. The molecule has 1 saturated heterocycles. The van der Waals surface area contributed by atoms with Gasteiger partial charge in [-0.2, -0.15) is 4.98 Å². The van der Waals surface area contributed by atoms with Crippen LogP contribution in [-0.2, 0) is 18.9 Å². The van der Waals surface area contributed by atoms with Gasteiger partial charge in [-0.05, 0) is 0 Å². The monoisotopic (exact) mass is 307 g/mol. The molecule has 0 aromatic carbocycles. The van der Waals surface area contributed by atoms with E-state index in [0.29, 0.717) is 0 Å². The van der Waals surface area contributed by atoms with Crippen LogP contribution in [0.25, 0.3) is 0 Å². The molecular weight excluding hydrogens is 295 g/mol. The maximum absolute atomic E-state index is 11.5. The first-order chi connectivity index (χ1) is 9.26. The SMILES string of the molecule is [O]c1ccn(C2CC(O)C(COP(=O)(O)O)O2)c(=O)n1. The predicted molar refractivity (Wildman–Crippen MR) is 61.2 cm³/mol. The molecule has 1 aromatic rings. The van der Waals surface area contributed by atoms with Gasteiger partial charge in [0.25, 0.3) is 5.88 Å². The van der Waals surface area contributed by atoms with Crippen molar-refractivity contribution in [2.45, 2.75) is 24.9 Å². The highest BCUT2D eigenvalue weighted by Gasteiger charge is 2.37. The lowest BCUT2D eigenvalue weighted by molar-refractivity contribution is -0.0451. The zero-order valence-electron chi connectivity index (χ0n) is 10.0. The molecule has 10 nitrogen and oxygen atoms in total. The second kappa shape index (κ2) is 5.60. The van der Waals surface area contributed by atoms with Crippen LogP contribution in [0.1, 0.15) is 12.6 Å². The summed E-state index contributed by atoms with van der Waals surface area (Å²) in [5.74, 6) is -0.689. The number of phosphoric acid groups is 1. The summed E-state index contributed by atoms with van der Waals surface area (Å²) in [5, 5.41) is 20.6. The van der Waals surface area contributed by atoms with Gasteiger partial charge in [0.1, 0.15) is 12.3 Å². The molecule has 1 fully saturated rings.